The van der Waals surface area contributed by atoms with Gasteiger partial charge in [-0.2, -0.15) is 5.10 Å². The number of aromatic nitrogens is 3. The van der Waals surface area contributed by atoms with E-state index >= 15 is 0 Å². The second-order valence-electron chi connectivity index (χ2n) is 5.11. The van der Waals surface area contributed by atoms with Gasteiger partial charge in [-0.25, -0.2) is 9.48 Å². The maximum absolute atomic E-state index is 11.9. The Morgan fingerprint density at radius 3 is 2.81 bits per heavy atom. The van der Waals surface area contributed by atoms with Gasteiger partial charge in [-0.3, -0.25) is 5.32 Å². The number of carbonyl (C=O) groups is 1. The van der Waals surface area contributed by atoms with Crippen LogP contribution in [0.3, 0.4) is 0 Å². The van der Waals surface area contributed by atoms with Crippen molar-refractivity contribution < 1.29 is 9.32 Å². The monoisotopic (exact) mass is 291 g/mol. The summed E-state index contributed by atoms with van der Waals surface area (Å²) in [4.78, 5) is 11.9. The average molecular weight is 291 g/mol. The van der Waals surface area contributed by atoms with E-state index in [4.69, 9.17) is 4.52 Å². The zero-order valence-electron chi connectivity index (χ0n) is 12.8. The highest BCUT2D eigenvalue weighted by Gasteiger charge is 2.13. The van der Waals surface area contributed by atoms with Crippen LogP contribution in [-0.2, 0) is 6.54 Å². The third kappa shape index (κ3) is 3.84. The van der Waals surface area contributed by atoms with Gasteiger partial charge in [-0.1, -0.05) is 12.1 Å². The number of nitrogens with zero attached hydrogens (tertiary/aromatic N) is 3. The molecule has 0 aliphatic heterocycles. The molecule has 7 nitrogen and oxygen atoms in total. The smallest absolute Gasteiger partial charge is 0.320 e. The fourth-order valence-corrected chi connectivity index (χ4v) is 1.95. The lowest BCUT2D eigenvalue weighted by atomic mass is 10.3. The zero-order valence-corrected chi connectivity index (χ0v) is 12.8. The van der Waals surface area contributed by atoms with Crippen LogP contribution in [0.5, 0.6) is 0 Å². The number of rotatable bonds is 5. The number of aryl methyl sites for hydroxylation is 2. The molecule has 21 heavy (non-hydrogen) atoms. The summed E-state index contributed by atoms with van der Waals surface area (Å²) < 4.78 is 6.78. The lowest BCUT2D eigenvalue weighted by Gasteiger charge is -2.14. The van der Waals surface area contributed by atoms with Gasteiger partial charge in [0.25, 0.3) is 0 Å². The highest BCUT2D eigenvalue weighted by molar-refractivity contribution is 5.88. The van der Waals surface area contributed by atoms with Crippen LogP contribution < -0.4 is 10.6 Å². The molecule has 2 heterocycles. The summed E-state index contributed by atoms with van der Waals surface area (Å²) in [5, 5.41) is 13.8. The van der Waals surface area contributed by atoms with E-state index in [0.29, 0.717) is 18.1 Å². The minimum Gasteiger partial charge on any atom is -0.361 e. The van der Waals surface area contributed by atoms with Gasteiger partial charge in [-0.15, -0.1) is 0 Å². The summed E-state index contributed by atoms with van der Waals surface area (Å²) in [7, 11) is 0. The minimum atomic E-state index is -0.292. The Morgan fingerprint density at radius 2 is 2.19 bits per heavy atom. The molecular weight excluding hydrogens is 270 g/mol. The lowest BCUT2D eigenvalue weighted by molar-refractivity contribution is 0.251. The Balaban J connectivity index is 1.96. The second-order valence-corrected chi connectivity index (χ2v) is 5.11. The van der Waals surface area contributed by atoms with Crippen LogP contribution in [0.25, 0.3) is 0 Å². The first kappa shape index (κ1) is 15.1. The Morgan fingerprint density at radius 1 is 1.43 bits per heavy atom. The van der Waals surface area contributed by atoms with Crippen LogP contribution in [0.2, 0.25) is 0 Å². The molecule has 0 spiro atoms. The number of anilines is 1. The third-order valence-electron chi connectivity index (χ3n) is 3.21. The van der Waals surface area contributed by atoms with E-state index in [1.807, 2.05) is 24.6 Å². The van der Waals surface area contributed by atoms with Crippen molar-refractivity contribution in [2.75, 3.05) is 5.32 Å². The Hall–Kier alpha value is -2.31. The van der Waals surface area contributed by atoms with Gasteiger partial charge in [0.05, 0.1) is 18.3 Å². The summed E-state index contributed by atoms with van der Waals surface area (Å²) in [6.45, 7) is 8.18. The van der Waals surface area contributed by atoms with Crippen molar-refractivity contribution >= 4 is 11.8 Å². The molecule has 0 fully saturated rings. The van der Waals surface area contributed by atoms with Crippen LogP contribution in [-0.4, -0.2) is 21.0 Å². The van der Waals surface area contributed by atoms with E-state index in [0.717, 1.165) is 17.9 Å². The molecule has 2 aromatic heterocycles. The van der Waals surface area contributed by atoms with Gasteiger partial charge in [-0.05, 0) is 27.2 Å². The largest absolute Gasteiger partial charge is 0.361 e. The highest BCUT2D eigenvalue weighted by Crippen LogP contribution is 2.18. The standard InChI is InChI=1S/C14H21N5O2/c1-5-10(3)19-13(6-9(2)17-19)16-14(20)15-8-12-7-11(4)21-18-12/h6-7,10H,5,8H2,1-4H3,(H2,15,16,20)/t10-/m1/s1. The van der Waals surface area contributed by atoms with E-state index < -0.39 is 0 Å². The number of urea groups is 1. The fraction of sp³-hybridized carbons (Fsp3) is 0.500. The van der Waals surface area contributed by atoms with Crippen molar-refractivity contribution in [3.8, 4) is 0 Å². The van der Waals surface area contributed by atoms with E-state index in [2.05, 4.69) is 34.7 Å². The van der Waals surface area contributed by atoms with E-state index in [9.17, 15) is 4.79 Å². The molecule has 0 aliphatic carbocycles. The minimum absolute atomic E-state index is 0.229. The summed E-state index contributed by atoms with van der Waals surface area (Å²) >= 11 is 0. The molecule has 7 heteroatoms. The Labute approximate surface area is 123 Å². The summed E-state index contributed by atoms with van der Waals surface area (Å²) in [6.07, 6.45) is 0.940. The molecule has 0 saturated carbocycles. The predicted octanol–water partition coefficient (Wildman–Crippen LogP) is 2.78. The van der Waals surface area contributed by atoms with Crippen molar-refractivity contribution in [1.29, 1.82) is 0 Å². The number of carbonyl (C=O) groups excluding carboxylic acids is 1. The molecule has 0 saturated heterocycles. The predicted molar refractivity (Wildman–Crippen MR) is 79.1 cm³/mol. The second kappa shape index (κ2) is 6.43. The maximum Gasteiger partial charge on any atom is 0.320 e. The van der Waals surface area contributed by atoms with Crippen LogP contribution >= 0.6 is 0 Å². The van der Waals surface area contributed by atoms with E-state index in [1.54, 1.807) is 6.07 Å². The number of hydrogen-bond donors (Lipinski definition) is 2. The topological polar surface area (TPSA) is 85.0 Å². The molecule has 0 unspecified atom stereocenters. The number of hydrogen-bond acceptors (Lipinski definition) is 4. The van der Waals surface area contributed by atoms with Gasteiger partial charge in [0.2, 0.25) is 0 Å². The number of nitrogens with one attached hydrogen (secondary N) is 2. The van der Waals surface area contributed by atoms with E-state index in [-0.39, 0.29) is 12.1 Å². The van der Waals surface area contributed by atoms with Crippen molar-refractivity contribution in [2.24, 2.45) is 0 Å². The molecule has 1 atom stereocenters. The first-order valence-electron chi connectivity index (χ1n) is 7.02. The SMILES string of the molecule is CC[C@@H](C)n1nc(C)cc1NC(=O)NCc1cc(C)on1. The molecule has 0 aliphatic rings. The highest BCUT2D eigenvalue weighted by atomic mass is 16.5. The zero-order chi connectivity index (χ0) is 15.4. The molecule has 114 valence electrons. The van der Waals surface area contributed by atoms with Crippen LogP contribution in [0.1, 0.15) is 43.5 Å². The van der Waals surface area contributed by atoms with Crippen molar-refractivity contribution in [3.05, 3.63) is 29.3 Å². The molecule has 0 radical (unpaired) electrons. The molecule has 2 N–H and O–H groups in total. The first-order chi connectivity index (χ1) is 9.99. The van der Waals surface area contributed by atoms with Crippen molar-refractivity contribution in [1.82, 2.24) is 20.3 Å². The van der Waals surface area contributed by atoms with Gasteiger partial charge in [0, 0.05) is 12.1 Å². The third-order valence-corrected chi connectivity index (χ3v) is 3.21. The van der Waals surface area contributed by atoms with Crippen molar-refractivity contribution in [2.45, 2.75) is 46.7 Å². The van der Waals surface area contributed by atoms with E-state index in [1.165, 1.54) is 0 Å². The molecule has 0 bridgehead atoms. The lowest BCUT2D eigenvalue weighted by Crippen LogP contribution is -2.29. The molecule has 2 rings (SSSR count). The summed E-state index contributed by atoms with van der Waals surface area (Å²) in [6, 6.07) is 3.58. The van der Waals surface area contributed by atoms with Crippen LogP contribution in [0.4, 0.5) is 10.6 Å². The maximum atomic E-state index is 11.9. The molecule has 2 aromatic rings. The van der Waals surface area contributed by atoms with Gasteiger partial charge in [0.1, 0.15) is 17.3 Å². The van der Waals surface area contributed by atoms with Gasteiger partial charge in [0.15, 0.2) is 0 Å². The average Bonchev–Trinajstić information content (AvgIpc) is 3.01. The first-order valence-corrected chi connectivity index (χ1v) is 7.02. The Bertz CT molecular complexity index is 617. The van der Waals surface area contributed by atoms with Gasteiger partial charge >= 0.3 is 6.03 Å². The van der Waals surface area contributed by atoms with Crippen LogP contribution in [0.15, 0.2) is 16.7 Å². The summed E-state index contributed by atoms with van der Waals surface area (Å²) in [5.41, 5.74) is 1.56. The molecule has 0 aromatic carbocycles. The normalized spacial score (nSPS) is 12.2. The molecule has 2 amide bonds. The fourth-order valence-electron chi connectivity index (χ4n) is 1.95. The number of amides is 2. The Kier molecular flexibility index (Phi) is 4.62. The van der Waals surface area contributed by atoms with Gasteiger partial charge < -0.3 is 9.84 Å². The quantitative estimate of drug-likeness (QED) is 0.887. The van der Waals surface area contributed by atoms with Crippen molar-refractivity contribution in [3.63, 3.8) is 0 Å². The molecular formula is C14H21N5O2. The summed E-state index contributed by atoms with van der Waals surface area (Å²) in [5.74, 6) is 1.41. The van der Waals surface area contributed by atoms with Crippen LogP contribution in [0, 0.1) is 13.8 Å².